The number of rotatable bonds is 7. The van der Waals surface area contributed by atoms with Crippen LogP contribution in [0.5, 0.6) is 0 Å². The van der Waals surface area contributed by atoms with Gasteiger partial charge in [0.1, 0.15) is 0 Å². The Balaban J connectivity index is 4.04. The van der Waals surface area contributed by atoms with Gasteiger partial charge in [-0.25, -0.2) is 8.78 Å². The van der Waals surface area contributed by atoms with E-state index in [4.69, 9.17) is 5.11 Å². The van der Waals surface area contributed by atoms with Crippen LogP contribution in [0.2, 0.25) is 0 Å². The van der Waals surface area contributed by atoms with Crippen molar-refractivity contribution in [2.24, 2.45) is 5.92 Å². The van der Waals surface area contributed by atoms with Gasteiger partial charge in [0.2, 0.25) is 5.91 Å². The molecule has 0 aromatic carbocycles. The molecule has 0 bridgehead atoms. The van der Waals surface area contributed by atoms with Crippen LogP contribution in [0.25, 0.3) is 0 Å². The molecular formula is C10H19F2NO2. The molecule has 0 aliphatic heterocycles. The molecule has 0 heterocycles. The molecule has 1 amide bonds. The summed E-state index contributed by atoms with van der Waals surface area (Å²) in [5, 5.41) is 8.64. The van der Waals surface area contributed by atoms with E-state index in [0.717, 1.165) is 4.90 Å². The van der Waals surface area contributed by atoms with Crippen molar-refractivity contribution in [3.63, 3.8) is 0 Å². The smallest absolute Gasteiger partial charge is 0.255 e. The molecule has 0 radical (unpaired) electrons. The fraction of sp³-hybridized carbons (Fsp3) is 0.900. The van der Waals surface area contributed by atoms with Gasteiger partial charge in [-0.1, -0.05) is 13.8 Å². The second kappa shape index (κ2) is 7.56. The third-order valence-corrected chi connectivity index (χ3v) is 2.02. The Morgan fingerprint density at radius 2 is 2.00 bits per heavy atom. The number of hydrogen-bond acceptors (Lipinski definition) is 2. The molecule has 0 aliphatic rings. The van der Waals surface area contributed by atoms with Crippen LogP contribution in [0, 0.1) is 5.92 Å². The lowest BCUT2D eigenvalue weighted by atomic mass is 10.1. The van der Waals surface area contributed by atoms with E-state index < -0.39 is 13.0 Å². The summed E-state index contributed by atoms with van der Waals surface area (Å²) >= 11 is 0. The first kappa shape index (κ1) is 14.3. The highest BCUT2D eigenvalue weighted by Gasteiger charge is 2.17. The Bertz CT molecular complexity index is 186. The number of hydrogen-bond donors (Lipinski definition) is 1. The van der Waals surface area contributed by atoms with Crippen molar-refractivity contribution in [2.45, 2.75) is 33.1 Å². The van der Waals surface area contributed by atoms with Crippen LogP contribution < -0.4 is 0 Å². The van der Waals surface area contributed by atoms with Gasteiger partial charge in [-0.05, 0) is 12.3 Å². The van der Waals surface area contributed by atoms with Gasteiger partial charge in [0.15, 0.2) is 0 Å². The van der Waals surface area contributed by atoms with Crippen molar-refractivity contribution < 1.29 is 18.7 Å². The van der Waals surface area contributed by atoms with Crippen molar-refractivity contribution in [3.8, 4) is 0 Å². The van der Waals surface area contributed by atoms with Gasteiger partial charge in [-0.15, -0.1) is 0 Å². The molecule has 3 nitrogen and oxygen atoms in total. The highest BCUT2D eigenvalue weighted by atomic mass is 19.3. The van der Waals surface area contributed by atoms with Crippen molar-refractivity contribution >= 4 is 5.91 Å². The van der Waals surface area contributed by atoms with E-state index in [-0.39, 0.29) is 25.5 Å². The van der Waals surface area contributed by atoms with Gasteiger partial charge < -0.3 is 10.0 Å². The monoisotopic (exact) mass is 223 g/mol. The molecule has 0 saturated carbocycles. The number of halogens is 2. The second-order valence-electron chi connectivity index (χ2n) is 3.89. The van der Waals surface area contributed by atoms with Crippen molar-refractivity contribution in [3.05, 3.63) is 0 Å². The molecular weight excluding hydrogens is 204 g/mol. The van der Waals surface area contributed by atoms with E-state index in [1.807, 2.05) is 13.8 Å². The van der Waals surface area contributed by atoms with Crippen LogP contribution in [-0.4, -0.2) is 42.0 Å². The van der Waals surface area contributed by atoms with Gasteiger partial charge in [0, 0.05) is 13.0 Å². The Morgan fingerprint density at radius 3 is 2.40 bits per heavy atom. The first-order chi connectivity index (χ1) is 6.97. The standard InChI is InChI=1S/C10H19F2NO2/c1-8(2)3-4-10(15)13(5-6-14)7-9(11)12/h8-9,14H,3-7H2,1-2H3. The van der Waals surface area contributed by atoms with Crippen LogP contribution in [0.15, 0.2) is 0 Å². The van der Waals surface area contributed by atoms with E-state index >= 15 is 0 Å². The number of amides is 1. The zero-order valence-electron chi connectivity index (χ0n) is 9.25. The van der Waals surface area contributed by atoms with Gasteiger partial charge in [0.25, 0.3) is 6.43 Å². The van der Waals surface area contributed by atoms with Crippen LogP contribution in [0.4, 0.5) is 8.78 Å². The summed E-state index contributed by atoms with van der Waals surface area (Å²) < 4.78 is 24.2. The lowest BCUT2D eigenvalue weighted by molar-refractivity contribution is -0.134. The third-order valence-electron chi connectivity index (χ3n) is 2.02. The largest absolute Gasteiger partial charge is 0.395 e. The number of carbonyl (C=O) groups is 1. The van der Waals surface area contributed by atoms with Crippen molar-refractivity contribution in [1.29, 1.82) is 0 Å². The Hall–Kier alpha value is -0.710. The predicted molar refractivity (Wildman–Crippen MR) is 53.7 cm³/mol. The summed E-state index contributed by atoms with van der Waals surface area (Å²) in [5.74, 6) is 0.0644. The quantitative estimate of drug-likeness (QED) is 0.710. The average molecular weight is 223 g/mol. The van der Waals surface area contributed by atoms with Gasteiger partial charge in [-0.2, -0.15) is 0 Å². The topological polar surface area (TPSA) is 40.5 Å². The zero-order valence-corrected chi connectivity index (χ0v) is 9.25. The number of alkyl halides is 2. The SMILES string of the molecule is CC(C)CCC(=O)N(CCO)CC(F)F. The molecule has 0 aliphatic carbocycles. The fourth-order valence-electron chi connectivity index (χ4n) is 1.18. The number of nitrogens with zero attached hydrogens (tertiary/aromatic N) is 1. The predicted octanol–water partition coefficient (Wildman–Crippen LogP) is 1.51. The molecule has 0 aromatic rings. The van der Waals surface area contributed by atoms with Gasteiger partial charge in [0.05, 0.1) is 13.2 Å². The highest BCUT2D eigenvalue weighted by molar-refractivity contribution is 5.76. The molecule has 0 atom stereocenters. The summed E-state index contributed by atoms with van der Waals surface area (Å²) in [4.78, 5) is 12.5. The summed E-state index contributed by atoms with van der Waals surface area (Å²) in [6.07, 6.45) is -1.59. The second-order valence-corrected chi connectivity index (χ2v) is 3.89. The molecule has 0 aromatic heterocycles. The first-order valence-electron chi connectivity index (χ1n) is 5.14. The Labute approximate surface area is 89.1 Å². The summed E-state index contributed by atoms with van der Waals surface area (Å²) in [5.41, 5.74) is 0. The van der Waals surface area contributed by atoms with E-state index in [1.165, 1.54) is 0 Å². The highest BCUT2D eigenvalue weighted by Crippen LogP contribution is 2.07. The van der Waals surface area contributed by atoms with E-state index in [0.29, 0.717) is 12.3 Å². The Morgan fingerprint density at radius 1 is 1.40 bits per heavy atom. The summed E-state index contributed by atoms with van der Waals surface area (Å²) in [7, 11) is 0. The zero-order chi connectivity index (χ0) is 11.8. The molecule has 90 valence electrons. The summed E-state index contributed by atoms with van der Waals surface area (Å²) in [6, 6.07) is 0. The molecule has 0 spiro atoms. The minimum absolute atomic E-state index is 0.0126. The van der Waals surface area contributed by atoms with E-state index in [1.54, 1.807) is 0 Å². The van der Waals surface area contributed by atoms with Crippen LogP contribution >= 0.6 is 0 Å². The molecule has 0 saturated heterocycles. The molecule has 0 fully saturated rings. The first-order valence-corrected chi connectivity index (χ1v) is 5.14. The molecule has 5 heteroatoms. The molecule has 0 rings (SSSR count). The lowest BCUT2D eigenvalue weighted by Crippen LogP contribution is -2.37. The Kier molecular flexibility index (Phi) is 7.21. The average Bonchev–Trinajstić information content (AvgIpc) is 2.12. The maximum absolute atomic E-state index is 12.1. The lowest BCUT2D eigenvalue weighted by Gasteiger charge is -2.21. The summed E-state index contributed by atoms with van der Waals surface area (Å²) in [6.45, 7) is 3.06. The van der Waals surface area contributed by atoms with Crippen molar-refractivity contribution in [2.75, 3.05) is 19.7 Å². The van der Waals surface area contributed by atoms with Gasteiger partial charge >= 0.3 is 0 Å². The van der Waals surface area contributed by atoms with E-state index in [2.05, 4.69) is 0 Å². The number of aliphatic hydroxyl groups is 1. The maximum Gasteiger partial charge on any atom is 0.255 e. The maximum atomic E-state index is 12.1. The molecule has 15 heavy (non-hydrogen) atoms. The fourth-order valence-corrected chi connectivity index (χ4v) is 1.18. The third kappa shape index (κ3) is 7.25. The minimum Gasteiger partial charge on any atom is -0.395 e. The van der Waals surface area contributed by atoms with Crippen LogP contribution in [0.1, 0.15) is 26.7 Å². The minimum atomic E-state index is -2.54. The van der Waals surface area contributed by atoms with E-state index in [9.17, 15) is 13.6 Å². The normalized spacial score (nSPS) is 11.1. The number of carbonyl (C=O) groups excluding carboxylic acids is 1. The van der Waals surface area contributed by atoms with Gasteiger partial charge in [-0.3, -0.25) is 4.79 Å². The van der Waals surface area contributed by atoms with Crippen LogP contribution in [0.3, 0.4) is 0 Å². The van der Waals surface area contributed by atoms with Crippen molar-refractivity contribution in [1.82, 2.24) is 4.90 Å². The molecule has 1 N–H and O–H groups in total. The van der Waals surface area contributed by atoms with Crippen LogP contribution in [-0.2, 0) is 4.79 Å². The molecule has 0 unspecified atom stereocenters. The number of aliphatic hydroxyl groups excluding tert-OH is 1.